The van der Waals surface area contributed by atoms with Crippen LogP contribution < -0.4 is 0 Å². The summed E-state index contributed by atoms with van der Waals surface area (Å²) in [6.07, 6.45) is 1.44. The number of carbonyl (C=O) groups is 2. The van der Waals surface area contributed by atoms with Gasteiger partial charge in [0.1, 0.15) is 6.10 Å². The fourth-order valence-corrected chi connectivity index (χ4v) is 1.50. The highest BCUT2D eigenvalue weighted by Crippen LogP contribution is 2.22. The fourth-order valence-electron chi connectivity index (χ4n) is 1.50. The number of carboxylic acid groups (broad SMARTS) is 1. The minimum absolute atomic E-state index is 0.115. The Morgan fingerprint density at radius 3 is 2.50 bits per heavy atom. The summed E-state index contributed by atoms with van der Waals surface area (Å²) in [5.74, 6) is -1.51. The van der Waals surface area contributed by atoms with Gasteiger partial charge in [-0.2, -0.15) is 0 Å². The van der Waals surface area contributed by atoms with Crippen LogP contribution in [0.15, 0.2) is 43.0 Å². The van der Waals surface area contributed by atoms with Crippen LogP contribution in [0.25, 0.3) is 0 Å². The van der Waals surface area contributed by atoms with Crippen molar-refractivity contribution < 1.29 is 19.4 Å². The molecule has 0 heterocycles. The van der Waals surface area contributed by atoms with E-state index in [-0.39, 0.29) is 12.8 Å². The maximum Gasteiger partial charge on any atom is 0.306 e. The third-order valence-electron chi connectivity index (χ3n) is 2.37. The molecule has 4 nitrogen and oxygen atoms in total. The van der Waals surface area contributed by atoms with Crippen molar-refractivity contribution in [3.8, 4) is 0 Å². The lowest BCUT2D eigenvalue weighted by atomic mass is 10.1. The van der Waals surface area contributed by atoms with Gasteiger partial charge in [0, 0.05) is 6.42 Å². The van der Waals surface area contributed by atoms with E-state index in [2.05, 4.69) is 6.58 Å². The topological polar surface area (TPSA) is 63.6 Å². The molecule has 0 saturated heterocycles. The van der Waals surface area contributed by atoms with Gasteiger partial charge in [-0.05, 0) is 5.56 Å². The van der Waals surface area contributed by atoms with Crippen molar-refractivity contribution in [1.82, 2.24) is 0 Å². The van der Waals surface area contributed by atoms with Crippen molar-refractivity contribution in [1.29, 1.82) is 0 Å². The SMILES string of the molecule is C=CCC(OC(=O)CCC(=O)O)c1ccccc1. The molecular weight excluding hydrogens is 232 g/mol. The summed E-state index contributed by atoms with van der Waals surface area (Å²) < 4.78 is 5.25. The van der Waals surface area contributed by atoms with Crippen molar-refractivity contribution in [2.24, 2.45) is 0 Å². The number of carbonyl (C=O) groups excluding carboxylic acids is 1. The Kier molecular flexibility index (Phi) is 5.64. The molecule has 0 fully saturated rings. The molecule has 0 spiro atoms. The Balaban J connectivity index is 2.61. The van der Waals surface area contributed by atoms with Gasteiger partial charge >= 0.3 is 11.9 Å². The summed E-state index contributed by atoms with van der Waals surface area (Å²) in [4.78, 5) is 21.8. The quantitative estimate of drug-likeness (QED) is 0.595. The average molecular weight is 248 g/mol. The highest BCUT2D eigenvalue weighted by molar-refractivity contribution is 5.76. The molecule has 0 aliphatic heterocycles. The standard InChI is InChI=1S/C14H16O4/c1-2-6-12(11-7-4-3-5-8-11)18-14(17)10-9-13(15)16/h2-5,7-8,12H,1,6,9-10H2,(H,15,16). The van der Waals surface area contributed by atoms with Crippen LogP contribution in [-0.2, 0) is 14.3 Å². The zero-order valence-corrected chi connectivity index (χ0v) is 10.0. The normalized spacial score (nSPS) is 11.6. The number of hydrogen-bond donors (Lipinski definition) is 1. The minimum atomic E-state index is -1.01. The molecule has 0 bridgehead atoms. The molecule has 0 aliphatic rings. The molecule has 1 N–H and O–H groups in total. The molecular formula is C14H16O4. The van der Waals surface area contributed by atoms with Crippen molar-refractivity contribution in [3.05, 3.63) is 48.6 Å². The summed E-state index contributed by atoms with van der Waals surface area (Å²) in [5, 5.41) is 8.49. The van der Waals surface area contributed by atoms with Crippen molar-refractivity contribution in [2.45, 2.75) is 25.4 Å². The van der Waals surface area contributed by atoms with Crippen molar-refractivity contribution in [2.75, 3.05) is 0 Å². The number of esters is 1. The van der Waals surface area contributed by atoms with Gasteiger partial charge in [0.05, 0.1) is 12.8 Å². The first-order valence-corrected chi connectivity index (χ1v) is 5.70. The Bertz CT molecular complexity index is 411. The first-order chi connectivity index (χ1) is 8.63. The molecule has 1 aromatic carbocycles. The van der Waals surface area contributed by atoms with Crippen LogP contribution in [0.1, 0.15) is 30.9 Å². The molecule has 1 rings (SSSR count). The largest absolute Gasteiger partial charge is 0.481 e. The van der Waals surface area contributed by atoms with Crippen LogP contribution in [0, 0.1) is 0 Å². The molecule has 1 atom stereocenters. The molecule has 96 valence electrons. The molecule has 1 unspecified atom stereocenters. The van der Waals surface area contributed by atoms with Gasteiger partial charge in [0.25, 0.3) is 0 Å². The van der Waals surface area contributed by atoms with Gasteiger partial charge < -0.3 is 9.84 Å². The van der Waals surface area contributed by atoms with Gasteiger partial charge in [-0.3, -0.25) is 9.59 Å². The predicted octanol–water partition coefficient (Wildman–Crippen LogP) is 2.71. The second-order valence-corrected chi connectivity index (χ2v) is 3.81. The molecule has 18 heavy (non-hydrogen) atoms. The van der Waals surface area contributed by atoms with Gasteiger partial charge in [0.2, 0.25) is 0 Å². The molecule has 1 aromatic rings. The number of carboxylic acids is 1. The van der Waals surface area contributed by atoms with Gasteiger partial charge in [-0.15, -0.1) is 6.58 Å². The van der Waals surface area contributed by atoms with Crippen molar-refractivity contribution in [3.63, 3.8) is 0 Å². The van der Waals surface area contributed by atoms with Crippen LogP contribution in [0.2, 0.25) is 0 Å². The van der Waals surface area contributed by atoms with E-state index < -0.39 is 18.0 Å². The summed E-state index contributed by atoms with van der Waals surface area (Å²) in [6.45, 7) is 3.62. The average Bonchev–Trinajstić information content (AvgIpc) is 2.37. The zero-order valence-electron chi connectivity index (χ0n) is 10.0. The van der Waals surface area contributed by atoms with E-state index in [1.54, 1.807) is 6.08 Å². The smallest absolute Gasteiger partial charge is 0.306 e. The second kappa shape index (κ2) is 7.27. The van der Waals surface area contributed by atoms with E-state index >= 15 is 0 Å². The van der Waals surface area contributed by atoms with Gasteiger partial charge in [-0.25, -0.2) is 0 Å². The van der Waals surface area contributed by atoms with Gasteiger partial charge in [0.15, 0.2) is 0 Å². The number of aliphatic carboxylic acids is 1. The van der Waals surface area contributed by atoms with E-state index in [1.165, 1.54) is 0 Å². The van der Waals surface area contributed by atoms with Crippen LogP contribution >= 0.6 is 0 Å². The lowest BCUT2D eigenvalue weighted by Gasteiger charge is -2.16. The van der Waals surface area contributed by atoms with Crippen LogP contribution in [-0.4, -0.2) is 17.0 Å². The van der Waals surface area contributed by atoms with Gasteiger partial charge in [-0.1, -0.05) is 36.4 Å². The molecule has 0 aliphatic carbocycles. The van der Waals surface area contributed by atoms with Crippen LogP contribution in [0.3, 0.4) is 0 Å². The monoisotopic (exact) mass is 248 g/mol. The maximum absolute atomic E-state index is 11.5. The Hall–Kier alpha value is -2.10. The zero-order chi connectivity index (χ0) is 13.4. The fraction of sp³-hybridized carbons (Fsp3) is 0.286. The summed E-state index contributed by atoms with van der Waals surface area (Å²) in [7, 11) is 0. The van der Waals surface area contributed by atoms with Crippen molar-refractivity contribution >= 4 is 11.9 Å². The van der Waals surface area contributed by atoms with E-state index in [9.17, 15) is 9.59 Å². The molecule has 4 heteroatoms. The van der Waals surface area contributed by atoms with E-state index in [0.717, 1.165) is 5.56 Å². The second-order valence-electron chi connectivity index (χ2n) is 3.81. The summed E-state index contributed by atoms with van der Waals surface area (Å²) in [5.41, 5.74) is 0.876. The van der Waals surface area contributed by atoms with E-state index in [1.807, 2.05) is 30.3 Å². The third-order valence-corrected chi connectivity index (χ3v) is 2.37. The third kappa shape index (κ3) is 4.82. The number of rotatable bonds is 7. The lowest BCUT2D eigenvalue weighted by molar-refractivity contribution is -0.152. The summed E-state index contributed by atoms with van der Waals surface area (Å²) in [6, 6.07) is 9.31. The molecule has 0 saturated carbocycles. The minimum Gasteiger partial charge on any atom is -0.481 e. The molecule has 0 aromatic heterocycles. The first kappa shape index (κ1) is 14.0. The Morgan fingerprint density at radius 1 is 1.28 bits per heavy atom. The highest BCUT2D eigenvalue weighted by atomic mass is 16.5. The number of benzene rings is 1. The van der Waals surface area contributed by atoms with Crippen LogP contribution in [0.5, 0.6) is 0 Å². The van der Waals surface area contributed by atoms with E-state index in [0.29, 0.717) is 6.42 Å². The Morgan fingerprint density at radius 2 is 1.94 bits per heavy atom. The molecule has 0 amide bonds. The highest BCUT2D eigenvalue weighted by Gasteiger charge is 2.15. The van der Waals surface area contributed by atoms with E-state index in [4.69, 9.17) is 9.84 Å². The lowest BCUT2D eigenvalue weighted by Crippen LogP contribution is -2.12. The number of ether oxygens (including phenoxy) is 1. The number of hydrogen-bond acceptors (Lipinski definition) is 3. The first-order valence-electron chi connectivity index (χ1n) is 5.70. The van der Waals surface area contributed by atoms with Crippen LogP contribution in [0.4, 0.5) is 0 Å². The molecule has 0 radical (unpaired) electrons. The predicted molar refractivity (Wildman–Crippen MR) is 67.0 cm³/mol. The summed E-state index contributed by atoms with van der Waals surface area (Å²) >= 11 is 0. The maximum atomic E-state index is 11.5. The Labute approximate surface area is 106 Å².